The number of benzene rings is 2. The molecule has 0 saturated carbocycles. The largest absolute Gasteiger partial charge is 0.509 e. The second-order valence-electron chi connectivity index (χ2n) is 6.33. The molecule has 0 radical (unpaired) electrons. The molecule has 11 heteroatoms. The third-order valence-electron chi connectivity index (χ3n) is 4.19. The maximum atomic E-state index is 13.9. The lowest BCUT2D eigenvalue weighted by Crippen LogP contribution is -2.27. The molecule has 1 amide bonds. The van der Waals surface area contributed by atoms with Crippen LogP contribution in [-0.2, 0) is 15.7 Å². The van der Waals surface area contributed by atoms with Gasteiger partial charge >= 0.3 is 12.3 Å². The topological polar surface area (TPSA) is 73.9 Å². The molecule has 0 spiro atoms. The smallest absolute Gasteiger partial charge is 0.489 e. The summed E-state index contributed by atoms with van der Waals surface area (Å²) in [6, 6.07) is 5.66. The molecule has 2 aromatic carbocycles. The number of alkyl halides is 3. The molecule has 1 saturated heterocycles. The number of hydrogen-bond acceptors (Lipinski definition) is 5. The fourth-order valence-electron chi connectivity index (χ4n) is 2.58. The van der Waals surface area contributed by atoms with E-state index < -0.39 is 41.8 Å². The first-order valence-electron chi connectivity index (χ1n) is 8.52. The van der Waals surface area contributed by atoms with Crippen molar-refractivity contribution in [1.29, 1.82) is 0 Å². The van der Waals surface area contributed by atoms with Gasteiger partial charge in [0.1, 0.15) is 24.3 Å². The van der Waals surface area contributed by atoms with Gasteiger partial charge in [0.15, 0.2) is 6.10 Å². The van der Waals surface area contributed by atoms with Crippen LogP contribution in [0.25, 0.3) is 0 Å². The maximum Gasteiger partial charge on any atom is 0.509 e. The van der Waals surface area contributed by atoms with E-state index in [1.54, 1.807) is 6.92 Å². The highest BCUT2D eigenvalue weighted by Gasteiger charge is 2.34. The lowest BCUT2D eigenvalue weighted by molar-refractivity contribution is -0.137. The van der Waals surface area contributed by atoms with Crippen LogP contribution in [0.2, 0.25) is 5.02 Å². The van der Waals surface area contributed by atoms with Crippen molar-refractivity contribution < 1.29 is 41.4 Å². The summed E-state index contributed by atoms with van der Waals surface area (Å²) in [5, 5.41) is 2.03. The fourth-order valence-corrected chi connectivity index (χ4v) is 2.75. The number of rotatable bonds is 5. The quantitative estimate of drug-likeness (QED) is 0.512. The molecular formula is C19H14ClF4NO5. The van der Waals surface area contributed by atoms with Crippen molar-refractivity contribution >= 4 is 29.4 Å². The Morgan fingerprint density at radius 1 is 1.20 bits per heavy atom. The number of ether oxygens (including phenoxy) is 3. The van der Waals surface area contributed by atoms with Crippen molar-refractivity contribution in [3.05, 3.63) is 58.4 Å². The minimum atomic E-state index is -4.52. The predicted octanol–water partition coefficient (Wildman–Crippen LogP) is 5.05. The Kier molecular flexibility index (Phi) is 6.06. The van der Waals surface area contributed by atoms with E-state index in [0.717, 1.165) is 36.4 Å². The molecule has 0 aliphatic carbocycles. The van der Waals surface area contributed by atoms with Gasteiger partial charge in [-0.1, -0.05) is 11.6 Å². The van der Waals surface area contributed by atoms with Crippen LogP contribution in [0.15, 0.2) is 36.4 Å². The van der Waals surface area contributed by atoms with E-state index >= 15 is 0 Å². The van der Waals surface area contributed by atoms with E-state index in [1.807, 2.05) is 0 Å². The van der Waals surface area contributed by atoms with E-state index in [1.165, 1.54) is 0 Å². The molecule has 1 fully saturated rings. The number of carbonyl (C=O) groups is 2. The van der Waals surface area contributed by atoms with Gasteiger partial charge in [-0.15, -0.1) is 0 Å². The Morgan fingerprint density at radius 3 is 2.43 bits per heavy atom. The van der Waals surface area contributed by atoms with Gasteiger partial charge in [0.25, 0.3) is 5.91 Å². The van der Waals surface area contributed by atoms with Crippen molar-refractivity contribution in [1.82, 2.24) is 0 Å². The summed E-state index contributed by atoms with van der Waals surface area (Å²) in [6.07, 6.45) is -6.78. The first-order chi connectivity index (χ1) is 14.0. The van der Waals surface area contributed by atoms with Crippen molar-refractivity contribution in [2.45, 2.75) is 25.3 Å². The normalized spacial score (nSPS) is 18.5. The minimum Gasteiger partial charge on any atom is -0.489 e. The Balaban J connectivity index is 1.77. The summed E-state index contributed by atoms with van der Waals surface area (Å²) in [4.78, 5) is 23.7. The predicted molar refractivity (Wildman–Crippen MR) is 97.1 cm³/mol. The van der Waals surface area contributed by atoms with Crippen LogP contribution in [0.5, 0.6) is 5.75 Å². The molecule has 0 aromatic heterocycles. The summed E-state index contributed by atoms with van der Waals surface area (Å²) in [7, 11) is 0. The van der Waals surface area contributed by atoms with Crippen molar-refractivity contribution in [3.8, 4) is 5.75 Å². The van der Waals surface area contributed by atoms with E-state index in [9.17, 15) is 27.2 Å². The molecule has 3 rings (SSSR count). The first-order valence-corrected chi connectivity index (χ1v) is 8.90. The Bertz CT molecular complexity index is 965. The monoisotopic (exact) mass is 447 g/mol. The first kappa shape index (κ1) is 21.7. The van der Waals surface area contributed by atoms with Crippen LogP contribution in [0, 0.1) is 5.82 Å². The number of cyclic esters (lactones) is 2. The van der Waals surface area contributed by atoms with Crippen LogP contribution in [0.3, 0.4) is 0 Å². The van der Waals surface area contributed by atoms with Gasteiger partial charge in [0, 0.05) is 11.8 Å². The fraction of sp³-hybridized carbons (Fsp3) is 0.263. The number of anilines is 1. The molecule has 1 heterocycles. The molecule has 1 aliphatic rings. The third kappa shape index (κ3) is 4.93. The molecule has 160 valence electrons. The Morgan fingerprint density at radius 2 is 1.87 bits per heavy atom. The molecule has 2 atom stereocenters. The highest BCUT2D eigenvalue weighted by molar-refractivity contribution is 6.31. The number of nitrogens with one attached hydrogen (secondary N) is 1. The summed E-state index contributed by atoms with van der Waals surface area (Å²) in [5.41, 5.74) is -0.970. The standard InChI is InChI=1S/C19H14ClF4NO5/c1-9-16(30-18(27)29-9)8-28-15-7-14(21)13(20)6-12(15)17(26)25-11-4-2-10(3-5-11)19(22,23)24/h2-7,9,16H,8H2,1H3,(H,25,26). The van der Waals surface area contributed by atoms with Crippen molar-refractivity contribution in [2.75, 3.05) is 11.9 Å². The lowest BCUT2D eigenvalue weighted by atomic mass is 10.1. The van der Waals surface area contributed by atoms with Gasteiger partial charge in [0.2, 0.25) is 0 Å². The summed E-state index contributed by atoms with van der Waals surface area (Å²) < 4.78 is 67.0. The molecular weight excluding hydrogens is 434 g/mol. The van der Waals surface area contributed by atoms with Gasteiger partial charge in [-0.05, 0) is 37.3 Å². The second-order valence-corrected chi connectivity index (χ2v) is 6.74. The molecule has 30 heavy (non-hydrogen) atoms. The third-order valence-corrected chi connectivity index (χ3v) is 4.48. The Labute approximate surface area is 172 Å². The van der Waals surface area contributed by atoms with Gasteiger partial charge in [-0.3, -0.25) is 4.79 Å². The van der Waals surface area contributed by atoms with Crippen LogP contribution >= 0.6 is 11.6 Å². The molecule has 1 aliphatic heterocycles. The summed E-state index contributed by atoms with van der Waals surface area (Å²) >= 11 is 5.75. The second kappa shape index (κ2) is 8.39. The summed E-state index contributed by atoms with van der Waals surface area (Å²) in [6.45, 7) is 1.34. The van der Waals surface area contributed by atoms with Gasteiger partial charge in [0.05, 0.1) is 16.1 Å². The van der Waals surface area contributed by atoms with Gasteiger partial charge in [-0.2, -0.15) is 13.2 Å². The van der Waals surface area contributed by atoms with E-state index in [-0.39, 0.29) is 28.6 Å². The lowest BCUT2D eigenvalue weighted by Gasteiger charge is -2.16. The van der Waals surface area contributed by atoms with Gasteiger partial charge in [-0.25, -0.2) is 9.18 Å². The van der Waals surface area contributed by atoms with Crippen molar-refractivity contribution in [3.63, 3.8) is 0 Å². The number of amides is 1. The molecule has 2 unspecified atom stereocenters. The van der Waals surface area contributed by atoms with E-state index in [0.29, 0.717) is 0 Å². The Hall–Kier alpha value is -3.01. The molecule has 1 N–H and O–H groups in total. The molecule has 0 bridgehead atoms. The zero-order valence-corrected chi connectivity index (χ0v) is 16.0. The SMILES string of the molecule is CC1OC(=O)OC1COc1cc(F)c(Cl)cc1C(=O)Nc1ccc(C(F)(F)F)cc1. The van der Waals surface area contributed by atoms with Crippen LogP contribution in [-0.4, -0.2) is 30.9 Å². The average Bonchev–Trinajstić information content (AvgIpc) is 2.99. The van der Waals surface area contributed by atoms with E-state index in [2.05, 4.69) is 5.32 Å². The zero-order chi connectivity index (χ0) is 22.1. The summed E-state index contributed by atoms with van der Waals surface area (Å²) in [5.74, 6) is -1.85. The van der Waals surface area contributed by atoms with Gasteiger partial charge < -0.3 is 19.5 Å². The number of carbonyl (C=O) groups excluding carboxylic acids is 2. The van der Waals surface area contributed by atoms with Crippen molar-refractivity contribution in [2.24, 2.45) is 0 Å². The zero-order valence-electron chi connectivity index (χ0n) is 15.3. The highest BCUT2D eigenvalue weighted by Crippen LogP contribution is 2.31. The van der Waals surface area contributed by atoms with Crippen LogP contribution < -0.4 is 10.1 Å². The van der Waals surface area contributed by atoms with E-state index in [4.69, 9.17) is 25.8 Å². The molecule has 2 aromatic rings. The number of halogens is 5. The van der Waals surface area contributed by atoms with Crippen LogP contribution in [0.4, 0.5) is 28.0 Å². The number of hydrogen-bond donors (Lipinski definition) is 1. The van der Waals surface area contributed by atoms with Crippen LogP contribution in [0.1, 0.15) is 22.8 Å². The maximum absolute atomic E-state index is 13.9. The average molecular weight is 448 g/mol. The minimum absolute atomic E-state index is 0.0751. The highest BCUT2D eigenvalue weighted by atomic mass is 35.5. The molecule has 6 nitrogen and oxygen atoms in total.